The molecule has 0 unspecified atom stereocenters. The number of carbonyl (C=O) groups excluding carboxylic acids is 1. The summed E-state index contributed by atoms with van der Waals surface area (Å²) in [6.45, 7) is 2.06. The molecule has 3 rings (SSSR count). The van der Waals surface area contributed by atoms with E-state index in [0.717, 1.165) is 11.3 Å². The molecule has 8 heteroatoms. The number of sulfone groups is 1. The van der Waals surface area contributed by atoms with Crippen molar-refractivity contribution in [2.24, 2.45) is 0 Å². The molecular weight excluding hydrogens is 410 g/mol. The Balaban J connectivity index is 1.72. The van der Waals surface area contributed by atoms with Gasteiger partial charge >= 0.3 is 0 Å². The lowest BCUT2D eigenvalue weighted by molar-refractivity contribution is -0.127. The fourth-order valence-corrected chi connectivity index (χ4v) is 4.85. The highest BCUT2D eigenvalue weighted by atomic mass is 35.5. The van der Waals surface area contributed by atoms with Crippen molar-refractivity contribution in [1.82, 2.24) is 14.7 Å². The van der Waals surface area contributed by atoms with Gasteiger partial charge in [0, 0.05) is 19.2 Å². The summed E-state index contributed by atoms with van der Waals surface area (Å²) < 4.78 is 26.9. The maximum Gasteiger partial charge on any atom is 0.237 e. The van der Waals surface area contributed by atoms with Crippen LogP contribution in [0.3, 0.4) is 0 Å². The van der Waals surface area contributed by atoms with Gasteiger partial charge in [0.1, 0.15) is 10.9 Å². The van der Waals surface area contributed by atoms with Gasteiger partial charge in [-0.15, -0.1) is 0 Å². The van der Waals surface area contributed by atoms with Gasteiger partial charge in [0.05, 0.1) is 17.1 Å². The second kappa shape index (κ2) is 8.80. The third-order valence-electron chi connectivity index (χ3n) is 4.52. The number of hydrogen-bond donors (Lipinski definition) is 0. The summed E-state index contributed by atoms with van der Waals surface area (Å²) in [4.78, 5) is 13.9. The molecule has 0 aliphatic heterocycles. The third-order valence-corrected chi connectivity index (χ3v) is 6.32. The van der Waals surface area contributed by atoms with Crippen LogP contribution in [0.1, 0.15) is 16.8 Å². The van der Waals surface area contributed by atoms with E-state index in [1.54, 1.807) is 14.0 Å². The van der Waals surface area contributed by atoms with Crippen LogP contribution in [0.4, 0.5) is 0 Å². The van der Waals surface area contributed by atoms with Crippen molar-refractivity contribution in [2.75, 3.05) is 12.8 Å². The smallest absolute Gasteiger partial charge is 0.237 e. The van der Waals surface area contributed by atoms with Gasteiger partial charge in [-0.2, -0.15) is 5.10 Å². The lowest BCUT2D eigenvalue weighted by atomic mass is 10.2. The Morgan fingerprint density at radius 1 is 1.07 bits per heavy atom. The van der Waals surface area contributed by atoms with Crippen molar-refractivity contribution in [1.29, 1.82) is 0 Å². The summed E-state index contributed by atoms with van der Waals surface area (Å²) >= 11 is 6.42. The molecule has 0 aliphatic carbocycles. The number of aryl methyl sites for hydroxylation is 1. The first kappa shape index (κ1) is 21.1. The van der Waals surface area contributed by atoms with E-state index in [0.29, 0.717) is 17.8 Å². The number of nitrogens with zero attached hydrogens (tertiary/aromatic N) is 3. The van der Waals surface area contributed by atoms with Crippen molar-refractivity contribution in [2.45, 2.75) is 19.2 Å². The lowest BCUT2D eigenvalue weighted by Crippen LogP contribution is -2.32. The van der Waals surface area contributed by atoms with Gasteiger partial charge in [-0.1, -0.05) is 60.1 Å². The zero-order valence-electron chi connectivity index (χ0n) is 16.2. The summed E-state index contributed by atoms with van der Waals surface area (Å²) in [5.41, 5.74) is 2.60. The molecule has 6 nitrogen and oxygen atoms in total. The standard InChI is InChI=1S/C21H22ClN3O3S/c1-16-19(21(22)25(23-16)18-11-7-4-8-12-18)14-29(27,28)15-20(26)24(2)13-17-9-5-3-6-10-17/h3-12H,13-15H2,1-2H3. The molecule has 0 spiro atoms. The van der Waals surface area contributed by atoms with E-state index in [-0.39, 0.29) is 10.9 Å². The van der Waals surface area contributed by atoms with Crippen molar-refractivity contribution in [3.63, 3.8) is 0 Å². The molecular formula is C21H22ClN3O3S. The first-order valence-corrected chi connectivity index (χ1v) is 11.2. The average Bonchev–Trinajstić information content (AvgIpc) is 2.97. The second-order valence-electron chi connectivity index (χ2n) is 6.87. The predicted molar refractivity (Wildman–Crippen MR) is 114 cm³/mol. The van der Waals surface area contributed by atoms with Crippen LogP contribution in [-0.4, -0.2) is 41.8 Å². The quantitative estimate of drug-likeness (QED) is 0.574. The average molecular weight is 432 g/mol. The molecule has 152 valence electrons. The zero-order valence-corrected chi connectivity index (χ0v) is 17.8. The number of amides is 1. The number of halogens is 1. The number of carbonyl (C=O) groups is 1. The van der Waals surface area contributed by atoms with Crippen molar-refractivity contribution in [3.05, 3.63) is 82.6 Å². The predicted octanol–water partition coefficient (Wildman–Crippen LogP) is 3.41. The maximum absolute atomic E-state index is 12.7. The molecule has 0 saturated carbocycles. The van der Waals surface area contributed by atoms with Gasteiger partial charge in [0.25, 0.3) is 0 Å². The fourth-order valence-electron chi connectivity index (χ4n) is 2.95. The molecule has 3 aromatic rings. The van der Waals surface area contributed by atoms with E-state index in [4.69, 9.17) is 11.6 Å². The SMILES string of the molecule is Cc1nn(-c2ccccc2)c(Cl)c1CS(=O)(=O)CC(=O)N(C)Cc1ccccc1. The zero-order chi connectivity index (χ0) is 21.0. The number of rotatable bonds is 7. The molecule has 0 fully saturated rings. The van der Waals surface area contributed by atoms with Gasteiger partial charge < -0.3 is 4.90 Å². The molecule has 0 bridgehead atoms. The van der Waals surface area contributed by atoms with Gasteiger partial charge in [-0.3, -0.25) is 4.79 Å². The van der Waals surface area contributed by atoms with E-state index >= 15 is 0 Å². The molecule has 29 heavy (non-hydrogen) atoms. The van der Waals surface area contributed by atoms with Crippen LogP contribution in [0.15, 0.2) is 60.7 Å². The summed E-state index contributed by atoms with van der Waals surface area (Å²) in [6, 6.07) is 18.6. The Bertz CT molecular complexity index is 1100. The summed E-state index contributed by atoms with van der Waals surface area (Å²) in [7, 11) is -2.12. The minimum atomic E-state index is -3.71. The number of benzene rings is 2. The van der Waals surface area contributed by atoms with Crippen LogP contribution in [-0.2, 0) is 26.9 Å². The fraction of sp³-hybridized carbons (Fsp3) is 0.238. The van der Waals surface area contributed by atoms with Crippen LogP contribution in [0, 0.1) is 6.92 Å². The molecule has 1 heterocycles. The molecule has 0 aliphatic rings. The van der Waals surface area contributed by atoms with E-state index in [2.05, 4.69) is 5.10 Å². The molecule has 0 saturated heterocycles. The van der Waals surface area contributed by atoms with Crippen molar-refractivity contribution < 1.29 is 13.2 Å². The minimum absolute atomic E-state index is 0.238. The third kappa shape index (κ3) is 5.25. The van der Waals surface area contributed by atoms with Crippen LogP contribution in [0.2, 0.25) is 5.15 Å². The van der Waals surface area contributed by atoms with Gasteiger partial charge in [0.2, 0.25) is 5.91 Å². The Kier molecular flexibility index (Phi) is 6.39. The second-order valence-corrected chi connectivity index (χ2v) is 9.29. The lowest BCUT2D eigenvalue weighted by Gasteiger charge is -2.17. The number of hydrogen-bond acceptors (Lipinski definition) is 4. The largest absolute Gasteiger partial charge is 0.341 e. The topological polar surface area (TPSA) is 72.3 Å². The van der Waals surface area contributed by atoms with E-state index < -0.39 is 21.5 Å². The van der Waals surface area contributed by atoms with Crippen molar-refractivity contribution in [3.8, 4) is 5.69 Å². The number of aromatic nitrogens is 2. The Labute approximate surface area is 175 Å². The maximum atomic E-state index is 12.7. The summed E-state index contributed by atoms with van der Waals surface area (Å²) in [5.74, 6) is -1.38. The highest BCUT2D eigenvalue weighted by Crippen LogP contribution is 2.25. The molecule has 0 radical (unpaired) electrons. The highest BCUT2D eigenvalue weighted by molar-refractivity contribution is 7.91. The van der Waals surface area contributed by atoms with Gasteiger partial charge in [-0.25, -0.2) is 13.1 Å². The first-order chi connectivity index (χ1) is 13.8. The van der Waals surface area contributed by atoms with Gasteiger partial charge in [-0.05, 0) is 24.6 Å². The van der Waals surface area contributed by atoms with Crippen LogP contribution < -0.4 is 0 Å². The Morgan fingerprint density at radius 3 is 2.28 bits per heavy atom. The van der Waals surface area contributed by atoms with Gasteiger partial charge in [0.15, 0.2) is 9.84 Å². The number of para-hydroxylation sites is 1. The molecule has 1 aromatic heterocycles. The van der Waals surface area contributed by atoms with E-state index in [9.17, 15) is 13.2 Å². The molecule has 2 aromatic carbocycles. The van der Waals surface area contributed by atoms with E-state index in [1.165, 1.54) is 9.58 Å². The van der Waals surface area contributed by atoms with Crippen LogP contribution in [0.25, 0.3) is 5.69 Å². The van der Waals surface area contributed by atoms with Crippen LogP contribution >= 0.6 is 11.6 Å². The molecule has 0 atom stereocenters. The summed E-state index contributed by atoms with van der Waals surface area (Å²) in [5, 5.41) is 4.60. The minimum Gasteiger partial charge on any atom is -0.341 e. The first-order valence-electron chi connectivity index (χ1n) is 9.04. The Morgan fingerprint density at radius 2 is 1.66 bits per heavy atom. The normalized spacial score (nSPS) is 11.4. The molecule has 0 N–H and O–H groups in total. The molecule has 1 amide bonds. The van der Waals surface area contributed by atoms with Crippen molar-refractivity contribution >= 4 is 27.3 Å². The van der Waals surface area contributed by atoms with E-state index in [1.807, 2.05) is 60.7 Å². The van der Waals surface area contributed by atoms with Crippen LogP contribution in [0.5, 0.6) is 0 Å². The highest BCUT2D eigenvalue weighted by Gasteiger charge is 2.25. The monoisotopic (exact) mass is 431 g/mol. The summed E-state index contributed by atoms with van der Waals surface area (Å²) in [6.07, 6.45) is 0. The Hall–Kier alpha value is -2.64.